The van der Waals surface area contributed by atoms with E-state index in [0.717, 1.165) is 10.1 Å². The van der Waals surface area contributed by atoms with Crippen molar-refractivity contribution >= 4 is 29.1 Å². The van der Waals surface area contributed by atoms with Crippen LogP contribution >= 0.6 is 23.1 Å². The van der Waals surface area contributed by atoms with Gasteiger partial charge in [-0.3, -0.25) is 0 Å². The number of esters is 1. The minimum Gasteiger partial charge on any atom is -0.461 e. The van der Waals surface area contributed by atoms with Crippen LogP contribution in [-0.2, 0) is 4.74 Å². The second-order valence-corrected chi connectivity index (χ2v) is 4.56. The molecule has 0 spiro atoms. The molecule has 6 heteroatoms. The molecule has 2 N–H and O–H groups in total. The van der Waals surface area contributed by atoms with Gasteiger partial charge >= 0.3 is 5.97 Å². The molecule has 78 valence electrons. The van der Waals surface area contributed by atoms with Gasteiger partial charge in [0.25, 0.3) is 0 Å². The van der Waals surface area contributed by atoms with Crippen LogP contribution in [0.5, 0.6) is 0 Å². The fourth-order valence-corrected chi connectivity index (χ4v) is 2.40. The van der Waals surface area contributed by atoms with Crippen molar-refractivity contribution in [3.63, 3.8) is 0 Å². The Balaban J connectivity index is 2.54. The fourth-order valence-electron chi connectivity index (χ4n) is 0.769. The molecule has 4 nitrogen and oxygen atoms in total. The van der Waals surface area contributed by atoms with E-state index in [4.69, 9.17) is 10.5 Å². The first-order valence-corrected chi connectivity index (χ1v) is 6.10. The third-order valence-electron chi connectivity index (χ3n) is 1.31. The van der Waals surface area contributed by atoms with E-state index < -0.39 is 0 Å². The topological polar surface area (TPSA) is 65.2 Å². The third kappa shape index (κ3) is 3.28. The van der Waals surface area contributed by atoms with Crippen molar-refractivity contribution in [3.8, 4) is 0 Å². The number of thioether (sulfide) groups is 1. The second kappa shape index (κ2) is 6.00. The Bertz CT molecular complexity index is 301. The summed E-state index contributed by atoms with van der Waals surface area (Å²) in [5.41, 5.74) is 5.74. The molecule has 0 radical (unpaired) electrons. The quantitative estimate of drug-likeness (QED) is 0.613. The summed E-state index contributed by atoms with van der Waals surface area (Å²) in [7, 11) is 0. The zero-order chi connectivity index (χ0) is 10.4. The second-order valence-electron chi connectivity index (χ2n) is 2.36. The lowest BCUT2D eigenvalue weighted by molar-refractivity contribution is 0.0520. The van der Waals surface area contributed by atoms with Crippen LogP contribution in [0.3, 0.4) is 0 Å². The van der Waals surface area contributed by atoms with Crippen molar-refractivity contribution in [1.29, 1.82) is 0 Å². The first-order valence-electron chi connectivity index (χ1n) is 4.23. The van der Waals surface area contributed by atoms with Crippen molar-refractivity contribution in [2.45, 2.75) is 11.3 Å². The number of ether oxygens (including phenoxy) is 1. The van der Waals surface area contributed by atoms with Gasteiger partial charge in [0.05, 0.1) is 6.61 Å². The summed E-state index contributed by atoms with van der Waals surface area (Å²) < 4.78 is 5.68. The maximum atomic E-state index is 11.2. The zero-order valence-electron chi connectivity index (χ0n) is 7.86. The Morgan fingerprint density at radius 3 is 3.21 bits per heavy atom. The lowest BCUT2D eigenvalue weighted by Crippen LogP contribution is -2.05. The molecule has 0 aliphatic carbocycles. The van der Waals surface area contributed by atoms with E-state index in [-0.39, 0.29) is 5.97 Å². The van der Waals surface area contributed by atoms with Gasteiger partial charge in [0, 0.05) is 17.7 Å². The van der Waals surface area contributed by atoms with E-state index in [2.05, 4.69) is 4.98 Å². The lowest BCUT2D eigenvalue weighted by Gasteiger charge is -1.96. The van der Waals surface area contributed by atoms with Gasteiger partial charge < -0.3 is 10.5 Å². The highest BCUT2D eigenvalue weighted by molar-refractivity contribution is 8.01. The van der Waals surface area contributed by atoms with E-state index in [0.29, 0.717) is 18.8 Å². The van der Waals surface area contributed by atoms with Crippen LogP contribution in [-0.4, -0.2) is 29.9 Å². The number of aromatic nitrogens is 1. The van der Waals surface area contributed by atoms with Crippen LogP contribution in [0.25, 0.3) is 0 Å². The number of thiazole rings is 1. The molecule has 1 aromatic heterocycles. The van der Waals surface area contributed by atoms with Gasteiger partial charge in [-0.05, 0) is 6.92 Å². The number of hydrogen-bond donors (Lipinski definition) is 1. The molecule has 0 aromatic carbocycles. The molecule has 1 aromatic rings. The first kappa shape index (κ1) is 11.5. The van der Waals surface area contributed by atoms with Crippen LogP contribution in [0.4, 0.5) is 0 Å². The van der Waals surface area contributed by atoms with Crippen LogP contribution in [0.1, 0.15) is 17.4 Å². The highest BCUT2D eigenvalue weighted by Gasteiger charge is 2.11. The minimum atomic E-state index is -0.358. The van der Waals surface area contributed by atoms with E-state index in [1.165, 1.54) is 11.3 Å². The smallest absolute Gasteiger partial charge is 0.357 e. The molecule has 0 fully saturated rings. The van der Waals surface area contributed by atoms with Crippen molar-refractivity contribution < 1.29 is 9.53 Å². The number of rotatable bonds is 5. The van der Waals surface area contributed by atoms with Gasteiger partial charge in [-0.2, -0.15) is 0 Å². The average molecular weight is 232 g/mol. The lowest BCUT2D eigenvalue weighted by atomic mass is 10.5. The summed E-state index contributed by atoms with van der Waals surface area (Å²) >= 11 is 2.99. The van der Waals surface area contributed by atoms with Gasteiger partial charge in [-0.1, -0.05) is 11.8 Å². The Kier molecular flexibility index (Phi) is 4.92. The highest BCUT2D eigenvalue weighted by Crippen LogP contribution is 2.22. The van der Waals surface area contributed by atoms with E-state index >= 15 is 0 Å². The summed E-state index contributed by atoms with van der Waals surface area (Å²) in [6, 6.07) is 0. The SMILES string of the molecule is CCOC(=O)c1csc(SCCN)n1. The van der Waals surface area contributed by atoms with Gasteiger partial charge in [0.1, 0.15) is 0 Å². The number of hydrogen-bond acceptors (Lipinski definition) is 6. The Labute approximate surface area is 90.9 Å². The minimum absolute atomic E-state index is 0.358. The van der Waals surface area contributed by atoms with E-state index in [1.54, 1.807) is 24.1 Å². The molecule has 14 heavy (non-hydrogen) atoms. The number of nitrogens with two attached hydrogens (primary N) is 1. The summed E-state index contributed by atoms with van der Waals surface area (Å²) in [6.45, 7) is 2.76. The van der Waals surface area contributed by atoms with E-state index in [9.17, 15) is 4.79 Å². The standard InChI is InChI=1S/C8H12N2O2S2/c1-2-12-7(11)6-5-14-8(10-6)13-4-3-9/h5H,2-4,9H2,1H3. The van der Waals surface area contributed by atoms with E-state index in [1.807, 2.05) is 0 Å². The molecule has 0 aliphatic rings. The molecule has 0 aliphatic heterocycles. The maximum absolute atomic E-state index is 11.2. The highest BCUT2D eigenvalue weighted by atomic mass is 32.2. The largest absolute Gasteiger partial charge is 0.461 e. The summed E-state index contributed by atoms with van der Waals surface area (Å²) in [4.78, 5) is 15.3. The maximum Gasteiger partial charge on any atom is 0.357 e. The predicted molar refractivity (Wildman–Crippen MR) is 57.8 cm³/mol. The van der Waals surface area contributed by atoms with Gasteiger partial charge in [0.15, 0.2) is 10.0 Å². The number of carbonyl (C=O) groups is 1. The molecule has 1 heterocycles. The summed E-state index contributed by atoms with van der Waals surface area (Å²) in [5.74, 6) is 0.457. The monoisotopic (exact) mass is 232 g/mol. The Hall–Kier alpha value is -0.590. The van der Waals surface area contributed by atoms with Gasteiger partial charge in [-0.25, -0.2) is 9.78 Å². The molecular weight excluding hydrogens is 220 g/mol. The first-order chi connectivity index (χ1) is 6.77. The molecule has 0 atom stereocenters. The van der Waals surface area contributed by atoms with Gasteiger partial charge in [0.2, 0.25) is 0 Å². The third-order valence-corrected chi connectivity index (χ3v) is 3.37. The number of nitrogens with zero attached hydrogens (tertiary/aromatic N) is 1. The molecular formula is C8H12N2O2S2. The molecule has 0 saturated heterocycles. The molecule has 0 unspecified atom stereocenters. The molecule has 1 rings (SSSR count). The summed E-state index contributed by atoms with van der Waals surface area (Å²) in [5, 5.41) is 1.71. The normalized spacial score (nSPS) is 10.1. The average Bonchev–Trinajstić information content (AvgIpc) is 2.63. The van der Waals surface area contributed by atoms with Gasteiger partial charge in [-0.15, -0.1) is 11.3 Å². The van der Waals surface area contributed by atoms with Crippen molar-refractivity contribution in [2.24, 2.45) is 5.73 Å². The summed E-state index contributed by atoms with van der Waals surface area (Å²) in [6.07, 6.45) is 0. The molecule has 0 bridgehead atoms. The van der Waals surface area contributed by atoms with Crippen LogP contribution < -0.4 is 5.73 Å². The Morgan fingerprint density at radius 1 is 1.79 bits per heavy atom. The molecule has 0 saturated carbocycles. The zero-order valence-corrected chi connectivity index (χ0v) is 9.49. The van der Waals surface area contributed by atoms with Crippen LogP contribution in [0.15, 0.2) is 9.72 Å². The predicted octanol–water partition coefficient (Wildman–Crippen LogP) is 1.37. The fraction of sp³-hybridized carbons (Fsp3) is 0.500. The molecule has 0 amide bonds. The van der Waals surface area contributed by atoms with Crippen LogP contribution in [0.2, 0.25) is 0 Å². The van der Waals surface area contributed by atoms with Crippen molar-refractivity contribution in [1.82, 2.24) is 4.98 Å². The van der Waals surface area contributed by atoms with Crippen LogP contribution in [0, 0.1) is 0 Å². The number of carbonyl (C=O) groups excluding carboxylic acids is 1. The Morgan fingerprint density at radius 2 is 2.57 bits per heavy atom. The van der Waals surface area contributed by atoms with Crippen molar-refractivity contribution in [3.05, 3.63) is 11.1 Å². The van der Waals surface area contributed by atoms with Crippen molar-refractivity contribution in [2.75, 3.05) is 18.9 Å².